The summed E-state index contributed by atoms with van der Waals surface area (Å²) in [5, 5.41) is 2.57. The first-order chi connectivity index (χ1) is 12.0. The average Bonchev–Trinajstić information content (AvgIpc) is 3.12. The molecule has 0 aliphatic carbocycles. The summed E-state index contributed by atoms with van der Waals surface area (Å²) in [6, 6.07) is 7.80. The molecule has 2 amide bonds. The molecule has 0 unspecified atom stereocenters. The summed E-state index contributed by atoms with van der Waals surface area (Å²) in [6.45, 7) is 3.11. The van der Waals surface area contributed by atoms with Crippen LogP contribution in [0.15, 0.2) is 36.4 Å². The molecule has 130 valence electrons. The van der Waals surface area contributed by atoms with Gasteiger partial charge in [-0.3, -0.25) is 9.59 Å². The Bertz CT molecular complexity index is 830. The molecule has 0 bridgehead atoms. The number of hydrogen-bond acceptors (Lipinski definition) is 2. The van der Waals surface area contributed by atoms with Crippen LogP contribution < -0.4 is 5.32 Å². The number of nitrogens with zero attached hydrogens (tertiary/aromatic N) is 1. The number of aryl methyl sites for hydroxylation is 1. The van der Waals surface area contributed by atoms with Crippen LogP contribution in [-0.2, 0) is 0 Å². The summed E-state index contributed by atoms with van der Waals surface area (Å²) >= 11 is 0. The molecule has 4 nitrogen and oxygen atoms in total. The van der Waals surface area contributed by atoms with Gasteiger partial charge in [0.15, 0.2) is 0 Å². The highest BCUT2D eigenvalue weighted by Crippen LogP contribution is 2.25. The second kappa shape index (κ2) is 7.01. The second-order valence-corrected chi connectivity index (χ2v) is 6.08. The molecule has 1 aliphatic rings. The van der Waals surface area contributed by atoms with Gasteiger partial charge in [0.2, 0.25) is 0 Å². The van der Waals surface area contributed by atoms with Crippen molar-refractivity contribution in [2.45, 2.75) is 19.8 Å². The first kappa shape index (κ1) is 17.1. The van der Waals surface area contributed by atoms with Crippen LogP contribution >= 0.6 is 0 Å². The van der Waals surface area contributed by atoms with Crippen molar-refractivity contribution in [3.8, 4) is 0 Å². The summed E-state index contributed by atoms with van der Waals surface area (Å²) in [6.07, 6.45) is 1.90. The third-order valence-corrected chi connectivity index (χ3v) is 4.31. The number of amides is 2. The topological polar surface area (TPSA) is 49.4 Å². The van der Waals surface area contributed by atoms with E-state index in [4.69, 9.17) is 0 Å². The Labute approximate surface area is 144 Å². The Hall–Kier alpha value is -2.76. The molecule has 0 saturated carbocycles. The minimum absolute atomic E-state index is 0.170. The van der Waals surface area contributed by atoms with Gasteiger partial charge in [0.05, 0.1) is 16.8 Å². The van der Waals surface area contributed by atoms with Crippen molar-refractivity contribution in [1.82, 2.24) is 4.90 Å². The van der Waals surface area contributed by atoms with Crippen LogP contribution in [0.2, 0.25) is 0 Å². The van der Waals surface area contributed by atoms with E-state index in [9.17, 15) is 18.4 Å². The van der Waals surface area contributed by atoms with Gasteiger partial charge in [-0.05, 0) is 49.6 Å². The molecule has 2 aromatic carbocycles. The summed E-state index contributed by atoms with van der Waals surface area (Å²) in [5.41, 5.74) is 0.957. The van der Waals surface area contributed by atoms with Crippen LogP contribution in [0.3, 0.4) is 0 Å². The van der Waals surface area contributed by atoms with Crippen molar-refractivity contribution in [2.24, 2.45) is 0 Å². The number of nitrogens with one attached hydrogen (secondary N) is 1. The van der Waals surface area contributed by atoms with E-state index in [0.717, 1.165) is 31.0 Å². The average molecular weight is 344 g/mol. The zero-order valence-electron chi connectivity index (χ0n) is 13.8. The maximum Gasteiger partial charge on any atom is 0.258 e. The van der Waals surface area contributed by atoms with Crippen LogP contribution in [0.1, 0.15) is 39.1 Å². The maximum absolute atomic E-state index is 13.8. The first-order valence-corrected chi connectivity index (χ1v) is 8.12. The molecule has 1 aliphatic heterocycles. The normalized spacial score (nSPS) is 13.8. The fourth-order valence-corrected chi connectivity index (χ4v) is 2.95. The van der Waals surface area contributed by atoms with Crippen molar-refractivity contribution in [3.05, 3.63) is 64.7 Å². The van der Waals surface area contributed by atoms with E-state index in [1.807, 2.05) is 0 Å². The third kappa shape index (κ3) is 3.52. The molecule has 1 N–H and O–H groups in total. The van der Waals surface area contributed by atoms with Gasteiger partial charge in [0, 0.05) is 13.1 Å². The highest BCUT2D eigenvalue weighted by Gasteiger charge is 2.24. The summed E-state index contributed by atoms with van der Waals surface area (Å²) in [7, 11) is 0. The van der Waals surface area contributed by atoms with Gasteiger partial charge in [0.25, 0.3) is 11.8 Å². The lowest BCUT2D eigenvalue weighted by Crippen LogP contribution is -2.29. The minimum atomic E-state index is -0.820. The highest BCUT2D eigenvalue weighted by atomic mass is 19.1. The standard InChI is InChI=1S/C19H18F2N2O2/c1-12-5-4-6-14(19(25)23-9-2-3-10-23)17(12)22-18(24)15-11-13(20)7-8-16(15)21/h4-8,11H,2-3,9-10H2,1H3,(H,22,24). The van der Waals surface area contributed by atoms with Crippen LogP contribution in [0.4, 0.5) is 14.5 Å². The van der Waals surface area contributed by atoms with Crippen LogP contribution in [0.25, 0.3) is 0 Å². The molecule has 1 saturated heterocycles. The lowest BCUT2D eigenvalue weighted by atomic mass is 10.1. The van der Waals surface area contributed by atoms with E-state index in [0.29, 0.717) is 29.9 Å². The van der Waals surface area contributed by atoms with Gasteiger partial charge in [-0.15, -0.1) is 0 Å². The lowest BCUT2D eigenvalue weighted by molar-refractivity contribution is 0.0793. The zero-order chi connectivity index (χ0) is 18.0. The molecule has 0 aromatic heterocycles. The van der Waals surface area contributed by atoms with Gasteiger partial charge < -0.3 is 10.2 Å². The number of rotatable bonds is 3. The van der Waals surface area contributed by atoms with Gasteiger partial charge in [-0.1, -0.05) is 12.1 Å². The molecular weight excluding hydrogens is 326 g/mol. The molecule has 25 heavy (non-hydrogen) atoms. The van der Waals surface area contributed by atoms with Crippen molar-refractivity contribution in [2.75, 3.05) is 18.4 Å². The fourth-order valence-electron chi connectivity index (χ4n) is 2.95. The van der Waals surface area contributed by atoms with Gasteiger partial charge in [-0.2, -0.15) is 0 Å². The van der Waals surface area contributed by atoms with E-state index in [2.05, 4.69) is 5.32 Å². The highest BCUT2D eigenvalue weighted by molar-refractivity contribution is 6.09. The third-order valence-electron chi connectivity index (χ3n) is 4.31. The molecule has 0 radical (unpaired) electrons. The molecule has 1 fully saturated rings. The van der Waals surface area contributed by atoms with Gasteiger partial charge in [0.1, 0.15) is 11.6 Å². The van der Waals surface area contributed by atoms with E-state index in [-0.39, 0.29) is 5.91 Å². The molecular formula is C19H18F2N2O2. The molecule has 3 rings (SSSR count). The molecule has 0 atom stereocenters. The second-order valence-electron chi connectivity index (χ2n) is 6.08. The van der Waals surface area contributed by atoms with Gasteiger partial charge >= 0.3 is 0 Å². The van der Waals surface area contributed by atoms with E-state index in [1.54, 1.807) is 30.0 Å². The van der Waals surface area contributed by atoms with E-state index in [1.165, 1.54) is 0 Å². The predicted molar refractivity (Wildman–Crippen MR) is 90.6 cm³/mol. The predicted octanol–water partition coefficient (Wildman–Crippen LogP) is 3.76. The lowest BCUT2D eigenvalue weighted by Gasteiger charge is -2.19. The number of para-hydroxylation sites is 1. The quantitative estimate of drug-likeness (QED) is 0.922. The Morgan fingerprint density at radius 1 is 1.04 bits per heavy atom. The van der Waals surface area contributed by atoms with Crippen LogP contribution in [0, 0.1) is 18.6 Å². The van der Waals surface area contributed by atoms with Gasteiger partial charge in [-0.25, -0.2) is 8.78 Å². The SMILES string of the molecule is Cc1cccc(C(=O)N2CCCC2)c1NC(=O)c1cc(F)ccc1F. The monoisotopic (exact) mass is 344 g/mol. The number of hydrogen-bond donors (Lipinski definition) is 1. The van der Waals surface area contributed by atoms with Crippen LogP contribution in [0.5, 0.6) is 0 Å². The number of halogens is 2. The van der Waals surface area contributed by atoms with Crippen molar-refractivity contribution in [1.29, 1.82) is 0 Å². The number of anilines is 1. The summed E-state index contributed by atoms with van der Waals surface area (Å²) < 4.78 is 27.2. The Morgan fingerprint density at radius 3 is 2.48 bits per heavy atom. The number of likely N-dealkylation sites (tertiary alicyclic amines) is 1. The molecule has 1 heterocycles. The maximum atomic E-state index is 13.8. The summed E-state index contributed by atoms with van der Waals surface area (Å²) in [4.78, 5) is 26.8. The number of benzene rings is 2. The first-order valence-electron chi connectivity index (χ1n) is 8.12. The van der Waals surface area contributed by atoms with E-state index >= 15 is 0 Å². The molecule has 0 spiro atoms. The van der Waals surface area contributed by atoms with Crippen LogP contribution in [-0.4, -0.2) is 29.8 Å². The molecule has 6 heteroatoms. The Morgan fingerprint density at radius 2 is 1.76 bits per heavy atom. The number of carbonyl (C=O) groups is 2. The smallest absolute Gasteiger partial charge is 0.258 e. The zero-order valence-corrected chi connectivity index (χ0v) is 13.8. The number of carbonyl (C=O) groups excluding carboxylic acids is 2. The molecule has 2 aromatic rings. The minimum Gasteiger partial charge on any atom is -0.339 e. The largest absolute Gasteiger partial charge is 0.339 e. The fraction of sp³-hybridized carbons (Fsp3) is 0.263. The van der Waals surface area contributed by atoms with Crippen molar-refractivity contribution in [3.63, 3.8) is 0 Å². The van der Waals surface area contributed by atoms with Crippen molar-refractivity contribution >= 4 is 17.5 Å². The Balaban J connectivity index is 1.93. The Kier molecular flexibility index (Phi) is 4.79. The van der Waals surface area contributed by atoms with E-state index < -0.39 is 23.1 Å². The summed E-state index contributed by atoms with van der Waals surface area (Å²) in [5.74, 6) is -2.48. The van der Waals surface area contributed by atoms with Crippen molar-refractivity contribution < 1.29 is 18.4 Å².